The molecule has 0 saturated carbocycles. The molecule has 1 aliphatic heterocycles. The van der Waals surface area contributed by atoms with Gasteiger partial charge in [0, 0.05) is 11.1 Å². The molecule has 1 radical (unpaired) electrons. The van der Waals surface area contributed by atoms with Gasteiger partial charge in [-0.2, -0.15) is 0 Å². The Balaban J connectivity index is 2.41. The lowest BCUT2D eigenvalue weighted by molar-refractivity contribution is 0.174. The van der Waals surface area contributed by atoms with Gasteiger partial charge in [-0.05, 0) is 24.3 Å². The van der Waals surface area contributed by atoms with Gasteiger partial charge >= 0.3 is 0 Å². The van der Waals surface area contributed by atoms with Crippen LogP contribution in [-0.2, 0) is 11.5 Å². The van der Waals surface area contributed by atoms with Gasteiger partial charge in [-0.15, -0.1) is 0 Å². The Labute approximate surface area is 76.0 Å². The fourth-order valence-electron chi connectivity index (χ4n) is 1.67. The first kappa shape index (κ1) is 6.78. The number of hydrogen-bond acceptors (Lipinski definition) is 1. The van der Waals surface area contributed by atoms with Crippen molar-refractivity contribution in [2.24, 2.45) is 0 Å². The van der Waals surface area contributed by atoms with Crippen molar-refractivity contribution in [3.63, 3.8) is 0 Å². The Bertz CT molecular complexity index is 482. The number of rotatable bonds is 0. The molecule has 1 aromatic heterocycles. The molecule has 0 bridgehead atoms. The molecule has 1 aliphatic rings. The van der Waals surface area contributed by atoms with Crippen molar-refractivity contribution in [1.82, 2.24) is 4.57 Å². The molecule has 0 spiro atoms. The maximum atomic E-state index is 5.23. The second-order valence-corrected chi connectivity index (χ2v) is 3.06. The van der Waals surface area contributed by atoms with Crippen molar-refractivity contribution >= 4 is 17.0 Å². The minimum atomic E-state index is 0.604. The van der Waals surface area contributed by atoms with E-state index in [0.717, 1.165) is 5.39 Å². The van der Waals surface area contributed by atoms with Crippen LogP contribution < -0.4 is 0 Å². The van der Waals surface area contributed by atoms with E-state index in [9.17, 15) is 0 Å². The molecule has 3 rings (SSSR count). The summed E-state index contributed by atoms with van der Waals surface area (Å²) in [6, 6.07) is 11.3. The summed E-state index contributed by atoms with van der Waals surface area (Å²) in [5.41, 5.74) is 2.37. The van der Waals surface area contributed by atoms with Crippen molar-refractivity contribution in [3.05, 3.63) is 42.3 Å². The molecule has 13 heavy (non-hydrogen) atoms. The van der Waals surface area contributed by atoms with E-state index in [1.807, 2.05) is 18.2 Å². The van der Waals surface area contributed by atoms with Gasteiger partial charge in [0.2, 0.25) is 0 Å². The first-order chi connectivity index (χ1) is 6.45. The molecule has 0 aliphatic carbocycles. The average Bonchev–Trinajstić information content (AvgIpc) is 2.56. The molecule has 2 nitrogen and oxygen atoms in total. The standard InChI is InChI=1S/C11H8NO/c1-2-4-11-9(3-1)7-10-5-6-13-8-12(10)11/h1-2,4-7H,8H2. The van der Waals surface area contributed by atoms with Crippen molar-refractivity contribution in [2.45, 2.75) is 6.73 Å². The van der Waals surface area contributed by atoms with Gasteiger partial charge in [0.15, 0.2) is 6.73 Å². The largest absolute Gasteiger partial charge is 0.480 e. The molecule has 0 fully saturated rings. The number of fused-ring (bicyclic) bond motifs is 3. The third kappa shape index (κ3) is 0.886. The van der Waals surface area contributed by atoms with Crippen molar-refractivity contribution in [1.29, 1.82) is 0 Å². The van der Waals surface area contributed by atoms with Crippen molar-refractivity contribution in [3.8, 4) is 0 Å². The van der Waals surface area contributed by atoms with Crippen LogP contribution in [0.4, 0.5) is 0 Å². The highest BCUT2D eigenvalue weighted by Crippen LogP contribution is 2.22. The first-order valence-corrected chi connectivity index (χ1v) is 4.23. The normalized spacial score (nSPS) is 14.2. The van der Waals surface area contributed by atoms with Crippen LogP contribution in [0.3, 0.4) is 0 Å². The number of nitrogens with zero attached hydrogens (tertiary/aromatic N) is 1. The van der Waals surface area contributed by atoms with E-state index in [-0.39, 0.29) is 0 Å². The fraction of sp³-hybridized carbons (Fsp3) is 0.0909. The molecule has 63 valence electrons. The zero-order valence-corrected chi connectivity index (χ0v) is 7.03. The summed E-state index contributed by atoms with van der Waals surface area (Å²) >= 11 is 0. The monoisotopic (exact) mass is 170 g/mol. The molecule has 1 aromatic carbocycles. The Morgan fingerprint density at radius 3 is 3.46 bits per heavy atom. The Hall–Kier alpha value is -1.70. The third-order valence-electron chi connectivity index (χ3n) is 2.30. The Morgan fingerprint density at radius 1 is 1.46 bits per heavy atom. The fourth-order valence-corrected chi connectivity index (χ4v) is 1.67. The molecule has 2 aromatic rings. The number of ether oxygens (including phenoxy) is 1. The number of hydrogen-bond donors (Lipinski definition) is 0. The first-order valence-electron chi connectivity index (χ1n) is 4.23. The smallest absolute Gasteiger partial charge is 0.164 e. The lowest BCUT2D eigenvalue weighted by atomic mass is 10.2. The summed E-state index contributed by atoms with van der Waals surface area (Å²) in [4.78, 5) is 0. The van der Waals surface area contributed by atoms with Crippen molar-refractivity contribution < 1.29 is 4.74 Å². The van der Waals surface area contributed by atoms with Gasteiger partial charge in [-0.1, -0.05) is 12.1 Å². The van der Waals surface area contributed by atoms with Crippen LogP contribution in [0.1, 0.15) is 5.69 Å². The van der Waals surface area contributed by atoms with Crippen LogP contribution >= 0.6 is 0 Å². The molecule has 2 heteroatoms. The maximum Gasteiger partial charge on any atom is 0.164 e. The zero-order valence-electron chi connectivity index (χ0n) is 7.03. The van der Waals surface area contributed by atoms with E-state index in [4.69, 9.17) is 4.74 Å². The van der Waals surface area contributed by atoms with E-state index in [2.05, 4.69) is 22.8 Å². The number of aromatic nitrogens is 1. The highest BCUT2D eigenvalue weighted by Gasteiger charge is 2.08. The van der Waals surface area contributed by atoms with Gasteiger partial charge in [0.25, 0.3) is 0 Å². The van der Waals surface area contributed by atoms with Gasteiger partial charge in [-0.3, -0.25) is 0 Å². The Morgan fingerprint density at radius 2 is 2.46 bits per heavy atom. The summed E-state index contributed by atoms with van der Waals surface area (Å²) in [7, 11) is 0. The van der Waals surface area contributed by atoms with Gasteiger partial charge in [0.1, 0.15) is 0 Å². The third-order valence-corrected chi connectivity index (χ3v) is 2.30. The zero-order chi connectivity index (χ0) is 8.67. The molecule has 2 heterocycles. The summed E-state index contributed by atoms with van der Waals surface area (Å²) in [5, 5.41) is 1.15. The maximum absolute atomic E-state index is 5.23. The molecular weight excluding hydrogens is 162 g/mol. The summed E-state index contributed by atoms with van der Waals surface area (Å²) < 4.78 is 7.36. The summed E-state index contributed by atoms with van der Waals surface area (Å²) in [6.07, 6.45) is 3.70. The molecule has 0 atom stereocenters. The lowest BCUT2D eigenvalue weighted by Gasteiger charge is -2.11. The quantitative estimate of drug-likeness (QED) is 0.592. The topological polar surface area (TPSA) is 14.2 Å². The van der Waals surface area contributed by atoms with Crippen LogP contribution in [0.15, 0.2) is 30.5 Å². The van der Waals surface area contributed by atoms with Crippen LogP contribution in [0, 0.1) is 6.07 Å². The predicted molar refractivity (Wildman–Crippen MR) is 50.9 cm³/mol. The van der Waals surface area contributed by atoms with E-state index in [0.29, 0.717) is 6.73 Å². The van der Waals surface area contributed by atoms with Gasteiger partial charge in [0.05, 0.1) is 11.8 Å². The Kier molecular flexibility index (Phi) is 1.25. The van der Waals surface area contributed by atoms with E-state index < -0.39 is 0 Å². The lowest BCUT2D eigenvalue weighted by Crippen LogP contribution is -2.04. The highest BCUT2D eigenvalue weighted by atomic mass is 16.5. The van der Waals surface area contributed by atoms with E-state index in [1.54, 1.807) is 6.26 Å². The molecular formula is C11H8NO. The van der Waals surface area contributed by atoms with E-state index >= 15 is 0 Å². The minimum absolute atomic E-state index is 0.604. The second kappa shape index (κ2) is 2.39. The molecule has 0 unspecified atom stereocenters. The van der Waals surface area contributed by atoms with Crippen LogP contribution in [0.2, 0.25) is 0 Å². The van der Waals surface area contributed by atoms with Crippen LogP contribution in [0.25, 0.3) is 17.0 Å². The SMILES string of the molecule is [c]1cccc2c1cc1n2COC=C1. The van der Waals surface area contributed by atoms with Gasteiger partial charge < -0.3 is 9.30 Å². The minimum Gasteiger partial charge on any atom is -0.480 e. The molecule has 0 N–H and O–H groups in total. The summed E-state index contributed by atoms with van der Waals surface area (Å²) in [6.45, 7) is 0.604. The number of benzene rings is 1. The second-order valence-electron chi connectivity index (χ2n) is 3.06. The van der Waals surface area contributed by atoms with E-state index in [1.165, 1.54) is 11.2 Å². The van der Waals surface area contributed by atoms with Crippen molar-refractivity contribution in [2.75, 3.05) is 0 Å². The highest BCUT2D eigenvalue weighted by molar-refractivity contribution is 5.83. The summed E-state index contributed by atoms with van der Waals surface area (Å²) in [5.74, 6) is 0. The molecule has 0 saturated heterocycles. The molecule has 0 amide bonds. The van der Waals surface area contributed by atoms with Gasteiger partial charge in [-0.25, -0.2) is 0 Å². The van der Waals surface area contributed by atoms with Crippen LogP contribution in [-0.4, -0.2) is 4.57 Å². The van der Waals surface area contributed by atoms with Crippen LogP contribution in [0.5, 0.6) is 0 Å². The predicted octanol–water partition coefficient (Wildman–Crippen LogP) is 2.40. The average molecular weight is 170 g/mol.